The van der Waals surface area contributed by atoms with Gasteiger partial charge in [0.15, 0.2) is 0 Å². The Kier molecular flexibility index (Phi) is 5.09. The van der Waals surface area contributed by atoms with Crippen molar-refractivity contribution in [2.75, 3.05) is 38.2 Å². The molecule has 1 saturated heterocycles. The molecule has 1 N–H and O–H groups in total. The third-order valence-corrected chi connectivity index (χ3v) is 3.02. The SMILES string of the molecule is CCCCNc1cc(C(=O)N2CCOCC2)ncn1. The monoisotopic (exact) mass is 264 g/mol. The number of morpholine rings is 1. The normalized spacial score (nSPS) is 15.3. The van der Waals surface area contributed by atoms with Crippen LogP contribution in [0.5, 0.6) is 0 Å². The van der Waals surface area contributed by atoms with Gasteiger partial charge < -0.3 is 15.0 Å². The lowest BCUT2D eigenvalue weighted by molar-refractivity contribution is 0.0299. The number of nitrogens with zero attached hydrogens (tertiary/aromatic N) is 3. The van der Waals surface area contributed by atoms with Gasteiger partial charge in [-0.1, -0.05) is 13.3 Å². The van der Waals surface area contributed by atoms with Crippen LogP contribution in [0.3, 0.4) is 0 Å². The highest BCUT2D eigenvalue weighted by molar-refractivity contribution is 5.92. The second-order valence-corrected chi connectivity index (χ2v) is 4.47. The molecule has 2 heterocycles. The molecule has 1 amide bonds. The fourth-order valence-electron chi connectivity index (χ4n) is 1.89. The molecule has 0 unspecified atom stereocenters. The minimum absolute atomic E-state index is 0.0516. The summed E-state index contributed by atoms with van der Waals surface area (Å²) in [6.45, 7) is 5.44. The Hall–Kier alpha value is -1.69. The van der Waals surface area contributed by atoms with Gasteiger partial charge in [-0.3, -0.25) is 4.79 Å². The van der Waals surface area contributed by atoms with Crippen molar-refractivity contribution in [1.29, 1.82) is 0 Å². The predicted molar refractivity (Wildman–Crippen MR) is 72.2 cm³/mol. The molecule has 0 saturated carbocycles. The number of nitrogens with one attached hydrogen (secondary N) is 1. The van der Waals surface area contributed by atoms with E-state index >= 15 is 0 Å². The fourth-order valence-corrected chi connectivity index (χ4v) is 1.89. The maximum atomic E-state index is 12.2. The molecule has 1 aliphatic rings. The number of amides is 1. The first-order valence-corrected chi connectivity index (χ1v) is 6.74. The summed E-state index contributed by atoms with van der Waals surface area (Å²) >= 11 is 0. The summed E-state index contributed by atoms with van der Waals surface area (Å²) in [5, 5.41) is 3.20. The number of hydrogen-bond acceptors (Lipinski definition) is 5. The average molecular weight is 264 g/mol. The number of hydrogen-bond donors (Lipinski definition) is 1. The molecular weight excluding hydrogens is 244 g/mol. The smallest absolute Gasteiger partial charge is 0.272 e. The van der Waals surface area contributed by atoms with Crippen molar-refractivity contribution in [3.63, 3.8) is 0 Å². The van der Waals surface area contributed by atoms with Gasteiger partial charge in [0.2, 0.25) is 0 Å². The van der Waals surface area contributed by atoms with Gasteiger partial charge in [-0.25, -0.2) is 9.97 Å². The van der Waals surface area contributed by atoms with E-state index in [1.165, 1.54) is 6.33 Å². The van der Waals surface area contributed by atoms with Gasteiger partial charge in [0, 0.05) is 25.7 Å². The third kappa shape index (κ3) is 3.89. The number of anilines is 1. The molecule has 19 heavy (non-hydrogen) atoms. The van der Waals surface area contributed by atoms with E-state index in [-0.39, 0.29) is 5.91 Å². The number of rotatable bonds is 5. The Morgan fingerprint density at radius 2 is 2.21 bits per heavy atom. The lowest BCUT2D eigenvalue weighted by Crippen LogP contribution is -2.41. The first kappa shape index (κ1) is 13.7. The van der Waals surface area contributed by atoms with Crippen LogP contribution in [0.2, 0.25) is 0 Å². The number of ether oxygens (including phenoxy) is 1. The van der Waals surface area contributed by atoms with Crippen molar-refractivity contribution in [2.45, 2.75) is 19.8 Å². The molecule has 1 aromatic heterocycles. The van der Waals surface area contributed by atoms with Gasteiger partial charge in [0.1, 0.15) is 17.8 Å². The highest BCUT2D eigenvalue weighted by atomic mass is 16.5. The van der Waals surface area contributed by atoms with Crippen LogP contribution in [-0.2, 0) is 4.74 Å². The molecule has 6 nitrogen and oxygen atoms in total. The molecule has 0 atom stereocenters. The first-order valence-electron chi connectivity index (χ1n) is 6.74. The second-order valence-electron chi connectivity index (χ2n) is 4.47. The van der Waals surface area contributed by atoms with Crippen LogP contribution in [0.4, 0.5) is 5.82 Å². The van der Waals surface area contributed by atoms with Gasteiger partial charge in [-0.15, -0.1) is 0 Å². The van der Waals surface area contributed by atoms with Crippen molar-refractivity contribution in [3.05, 3.63) is 18.1 Å². The zero-order chi connectivity index (χ0) is 13.5. The lowest BCUT2D eigenvalue weighted by atomic mass is 10.3. The molecule has 1 aliphatic heterocycles. The van der Waals surface area contributed by atoms with E-state index in [0.29, 0.717) is 37.8 Å². The summed E-state index contributed by atoms with van der Waals surface area (Å²) in [5.74, 6) is 0.657. The first-order chi connectivity index (χ1) is 9.31. The molecule has 0 radical (unpaired) electrons. The van der Waals surface area contributed by atoms with Gasteiger partial charge >= 0.3 is 0 Å². The maximum Gasteiger partial charge on any atom is 0.272 e. The molecule has 104 valence electrons. The summed E-state index contributed by atoms with van der Waals surface area (Å²) < 4.78 is 5.24. The van der Waals surface area contributed by atoms with Gasteiger partial charge in [-0.05, 0) is 6.42 Å². The van der Waals surface area contributed by atoms with E-state index < -0.39 is 0 Å². The zero-order valence-corrected chi connectivity index (χ0v) is 11.3. The minimum Gasteiger partial charge on any atom is -0.378 e. The highest BCUT2D eigenvalue weighted by Crippen LogP contribution is 2.09. The van der Waals surface area contributed by atoms with Gasteiger partial charge in [0.25, 0.3) is 5.91 Å². The lowest BCUT2D eigenvalue weighted by Gasteiger charge is -2.26. The van der Waals surface area contributed by atoms with Crippen LogP contribution >= 0.6 is 0 Å². The van der Waals surface area contributed by atoms with E-state index in [1.54, 1.807) is 11.0 Å². The minimum atomic E-state index is -0.0516. The van der Waals surface area contributed by atoms with Crippen molar-refractivity contribution in [1.82, 2.24) is 14.9 Å². The summed E-state index contributed by atoms with van der Waals surface area (Å²) in [4.78, 5) is 22.2. The van der Waals surface area contributed by atoms with E-state index in [0.717, 1.165) is 19.4 Å². The van der Waals surface area contributed by atoms with E-state index in [2.05, 4.69) is 22.2 Å². The molecule has 0 bridgehead atoms. The topological polar surface area (TPSA) is 67.4 Å². The van der Waals surface area contributed by atoms with Crippen molar-refractivity contribution < 1.29 is 9.53 Å². The van der Waals surface area contributed by atoms with Crippen molar-refractivity contribution in [2.24, 2.45) is 0 Å². The molecule has 6 heteroatoms. The quantitative estimate of drug-likeness (QED) is 0.808. The highest BCUT2D eigenvalue weighted by Gasteiger charge is 2.19. The Bertz CT molecular complexity index is 419. The van der Waals surface area contributed by atoms with Crippen molar-refractivity contribution >= 4 is 11.7 Å². The maximum absolute atomic E-state index is 12.2. The molecule has 2 rings (SSSR count). The van der Waals surface area contributed by atoms with Gasteiger partial charge in [0.05, 0.1) is 13.2 Å². The van der Waals surface area contributed by atoms with Crippen LogP contribution in [-0.4, -0.2) is 53.6 Å². The Morgan fingerprint density at radius 1 is 1.42 bits per heavy atom. The van der Waals surface area contributed by atoms with Crippen molar-refractivity contribution in [3.8, 4) is 0 Å². The van der Waals surface area contributed by atoms with Crippen LogP contribution in [0.15, 0.2) is 12.4 Å². The van der Waals surface area contributed by atoms with Crippen LogP contribution < -0.4 is 5.32 Å². The Balaban J connectivity index is 1.98. The number of aromatic nitrogens is 2. The van der Waals surface area contributed by atoms with Crippen LogP contribution in [0, 0.1) is 0 Å². The summed E-state index contributed by atoms with van der Waals surface area (Å²) in [6.07, 6.45) is 3.64. The van der Waals surface area contributed by atoms with E-state index in [4.69, 9.17) is 4.74 Å². The molecular formula is C13H20N4O2. The second kappa shape index (κ2) is 7.04. The third-order valence-electron chi connectivity index (χ3n) is 3.02. The Morgan fingerprint density at radius 3 is 2.95 bits per heavy atom. The van der Waals surface area contributed by atoms with Gasteiger partial charge in [-0.2, -0.15) is 0 Å². The molecule has 0 spiro atoms. The Labute approximate surface area is 113 Å². The fraction of sp³-hybridized carbons (Fsp3) is 0.615. The number of unbranched alkanes of at least 4 members (excludes halogenated alkanes) is 1. The standard InChI is InChI=1S/C13H20N4O2/c1-2-3-4-14-12-9-11(15-10-16-12)13(18)17-5-7-19-8-6-17/h9-10H,2-8H2,1H3,(H,14,15,16). The average Bonchev–Trinajstić information content (AvgIpc) is 2.48. The molecule has 1 aromatic rings. The molecule has 0 aliphatic carbocycles. The largest absolute Gasteiger partial charge is 0.378 e. The molecule has 1 fully saturated rings. The molecule has 0 aromatic carbocycles. The zero-order valence-electron chi connectivity index (χ0n) is 11.3. The van der Waals surface area contributed by atoms with E-state index in [9.17, 15) is 4.79 Å². The predicted octanol–water partition coefficient (Wildman–Crippen LogP) is 1.16. The van der Waals surface area contributed by atoms with E-state index in [1.807, 2.05) is 0 Å². The number of carbonyl (C=O) groups excluding carboxylic acids is 1. The number of carbonyl (C=O) groups is 1. The van der Waals surface area contributed by atoms with Crippen LogP contribution in [0.25, 0.3) is 0 Å². The summed E-state index contributed by atoms with van der Waals surface area (Å²) in [7, 11) is 0. The summed E-state index contributed by atoms with van der Waals surface area (Å²) in [5.41, 5.74) is 0.441. The summed E-state index contributed by atoms with van der Waals surface area (Å²) in [6, 6.07) is 1.72. The van der Waals surface area contributed by atoms with Crippen LogP contribution in [0.1, 0.15) is 30.3 Å².